The molecule has 0 aliphatic heterocycles. The third kappa shape index (κ3) is 9.96. The lowest BCUT2D eigenvalue weighted by Crippen LogP contribution is -2.52. The Bertz CT molecular complexity index is 1140. The van der Waals surface area contributed by atoms with Gasteiger partial charge in [0.15, 0.2) is 0 Å². The minimum absolute atomic E-state index is 0.0125. The minimum Gasteiger partial charge on any atom is -0.508 e. The average Bonchev–Trinajstić information content (AvgIpc) is 2.84. The molecule has 0 aliphatic rings. The van der Waals surface area contributed by atoms with Crippen LogP contribution in [0.4, 0.5) is 4.79 Å². The number of esters is 1. The van der Waals surface area contributed by atoms with Gasteiger partial charge in [0, 0.05) is 20.0 Å². The van der Waals surface area contributed by atoms with Gasteiger partial charge < -0.3 is 30.1 Å². The van der Waals surface area contributed by atoms with Gasteiger partial charge in [-0.1, -0.05) is 36.4 Å². The smallest absolute Gasteiger partial charge is 0.408 e. The first-order valence-corrected chi connectivity index (χ1v) is 12.8. The third-order valence-corrected chi connectivity index (χ3v) is 5.77. The highest BCUT2D eigenvalue weighted by Crippen LogP contribution is 2.25. The largest absolute Gasteiger partial charge is 0.508 e. The van der Waals surface area contributed by atoms with Crippen LogP contribution in [0.1, 0.15) is 56.8 Å². The summed E-state index contributed by atoms with van der Waals surface area (Å²) in [4.78, 5) is 53.0. The summed E-state index contributed by atoms with van der Waals surface area (Å²) in [5.41, 5.74) is 1.28. The van der Waals surface area contributed by atoms with E-state index in [-0.39, 0.29) is 31.7 Å². The van der Waals surface area contributed by atoms with Gasteiger partial charge in [-0.3, -0.25) is 14.4 Å². The molecule has 0 fully saturated rings. The zero-order valence-corrected chi connectivity index (χ0v) is 23.4. The van der Waals surface area contributed by atoms with Crippen molar-refractivity contribution in [2.24, 2.45) is 0 Å². The van der Waals surface area contributed by atoms with E-state index in [4.69, 9.17) is 9.47 Å². The molecule has 2 unspecified atom stereocenters. The molecule has 2 atom stereocenters. The molecule has 0 bridgehead atoms. The highest BCUT2D eigenvalue weighted by atomic mass is 16.6. The summed E-state index contributed by atoms with van der Waals surface area (Å²) >= 11 is 0. The molecule has 2 aromatic carbocycles. The first-order chi connectivity index (χ1) is 18.3. The number of nitrogens with zero attached hydrogens (tertiary/aromatic N) is 1. The van der Waals surface area contributed by atoms with Crippen LogP contribution in [0.15, 0.2) is 48.5 Å². The second-order valence-electron chi connectivity index (χ2n) is 10.1. The Kier molecular flexibility index (Phi) is 11.3. The van der Waals surface area contributed by atoms with Crippen LogP contribution < -0.4 is 10.6 Å². The van der Waals surface area contributed by atoms with Gasteiger partial charge in [0.25, 0.3) is 0 Å². The van der Waals surface area contributed by atoms with Crippen molar-refractivity contribution in [3.63, 3.8) is 0 Å². The maximum Gasteiger partial charge on any atom is 0.408 e. The molecule has 10 nitrogen and oxygen atoms in total. The standard InChI is InChI=1S/C29H39N3O7/c1-7-38-24(34)16-17-30-26(35)25(22-11-9-8-10-19(22)2)32(6)27(36)23(31-28(37)39-29(3,4)5)18-20-12-14-21(33)15-13-20/h8-15,23,25,33H,7,16-18H2,1-6H3,(H,30,35)(H,31,37). The SMILES string of the molecule is CCOC(=O)CCNC(=O)C(c1ccccc1C)N(C)C(=O)C(Cc1ccc(O)cc1)NC(=O)OC(C)(C)C. The second-order valence-corrected chi connectivity index (χ2v) is 10.1. The number of hydrogen-bond acceptors (Lipinski definition) is 7. The maximum absolute atomic E-state index is 13.9. The summed E-state index contributed by atoms with van der Waals surface area (Å²) in [7, 11) is 1.49. The fraction of sp³-hybridized carbons (Fsp3) is 0.448. The van der Waals surface area contributed by atoms with Crippen LogP contribution in [0.5, 0.6) is 5.75 Å². The van der Waals surface area contributed by atoms with Gasteiger partial charge >= 0.3 is 12.1 Å². The van der Waals surface area contributed by atoms with Crippen molar-refractivity contribution < 1.29 is 33.8 Å². The summed E-state index contributed by atoms with van der Waals surface area (Å²) in [5.74, 6) is -1.38. The summed E-state index contributed by atoms with van der Waals surface area (Å²) in [6, 6.07) is 11.3. The Balaban J connectivity index is 2.36. The fourth-order valence-electron chi connectivity index (χ4n) is 3.93. The molecule has 0 saturated carbocycles. The maximum atomic E-state index is 13.9. The first-order valence-electron chi connectivity index (χ1n) is 12.8. The van der Waals surface area contributed by atoms with E-state index >= 15 is 0 Å². The number of benzene rings is 2. The number of nitrogens with one attached hydrogen (secondary N) is 2. The molecule has 0 saturated heterocycles. The third-order valence-electron chi connectivity index (χ3n) is 5.77. The molecular weight excluding hydrogens is 502 g/mol. The predicted molar refractivity (Wildman–Crippen MR) is 146 cm³/mol. The van der Waals surface area contributed by atoms with Crippen molar-refractivity contribution in [1.82, 2.24) is 15.5 Å². The van der Waals surface area contributed by atoms with Gasteiger partial charge in [0.05, 0.1) is 13.0 Å². The fourth-order valence-corrected chi connectivity index (χ4v) is 3.93. The quantitative estimate of drug-likeness (QED) is 0.371. The normalized spacial score (nSPS) is 12.6. The van der Waals surface area contributed by atoms with Crippen molar-refractivity contribution in [3.8, 4) is 5.75 Å². The van der Waals surface area contributed by atoms with E-state index in [1.54, 1.807) is 52.0 Å². The van der Waals surface area contributed by atoms with Crippen molar-refractivity contribution in [1.29, 1.82) is 0 Å². The van der Waals surface area contributed by atoms with Crippen LogP contribution in [0.2, 0.25) is 0 Å². The molecule has 2 rings (SSSR count). The van der Waals surface area contributed by atoms with Gasteiger partial charge in [0.2, 0.25) is 11.8 Å². The molecule has 212 valence electrons. The number of rotatable bonds is 11. The van der Waals surface area contributed by atoms with Crippen LogP contribution in [0, 0.1) is 6.92 Å². The molecule has 0 aromatic heterocycles. The van der Waals surface area contributed by atoms with Crippen LogP contribution in [0.25, 0.3) is 0 Å². The number of aromatic hydroxyl groups is 1. The second kappa shape index (κ2) is 14.2. The van der Waals surface area contributed by atoms with Gasteiger partial charge in [-0.05, 0) is 63.4 Å². The molecule has 2 aromatic rings. The lowest BCUT2D eigenvalue weighted by atomic mass is 9.97. The predicted octanol–water partition coefficient (Wildman–Crippen LogP) is 3.41. The van der Waals surface area contributed by atoms with E-state index in [0.717, 1.165) is 5.56 Å². The van der Waals surface area contributed by atoms with E-state index in [0.29, 0.717) is 11.1 Å². The molecule has 3 amide bonds. The van der Waals surface area contributed by atoms with E-state index < -0.39 is 41.6 Å². The van der Waals surface area contributed by atoms with Crippen LogP contribution in [0.3, 0.4) is 0 Å². The molecule has 0 radical (unpaired) electrons. The molecule has 39 heavy (non-hydrogen) atoms. The van der Waals surface area contributed by atoms with Crippen LogP contribution in [-0.2, 0) is 30.3 Å². The number of carbonyl (C=O) groups is 4. The van der Waals surface area contributed by atoms with Gasteiger partial charge in [-0.25, -0.2) is 4.79 Å². The number of ether oxygens (including phenoxy) is 2. The van der Waals surface area contributed by atoms with E-state index in [1.165, 1.54) is 24.1 Å². The monoisotopic (exact) mass is 541 g/mol. The number of aryl methyl sites for hydroxylation is 1. The molecule has 3 N–H and O–H groups in total. The Morgan fingerprint density at radius 1 is 1.03 bits per heavy atom. The number of carbonyl (C=O) groups excluding carboxylic acids is 4. The Morgan fingerprint density at radius 2 is 1.67 bits per heavy atom. The number of alkyl carbamates (subject to hydrolysis) is 1. The van der Waals surface area contributed by atoms with Gasteiger partial charge in [-0.2, -0.15) is 0 Å². The van der Waals surface area contributed by atoms with Crippen molar-refractivity contribution in [2.75, 3.05) is 20.2 Å². The van der Waals surface area contributed by atoms with Crippen molar-refractivity contribution in [3.05, 3.63) is 65.2 Å². The molecule has 0 spiro atoms. The molecule has 0 heterocycles. The zero-order chi connectivity index (χ0) is 29.2. The Hall–Kier alpha value is -4.08. The van der Waals surface area contributed by atoms with Crippen LogP contribution >= 0.6 is 0 Å². The highest BCUT2D eigenvalue weighted by molar-refractivity contribution is 5.92. The molecular formula is C29H39N3O7. The average molecular weight is 542 g/mol. The Morgan fingerprint density at radius 3 is 2.26 bits per heavy atom. The summed E-state index contributed by atoms with van der Waals surface area (Å²) < 4.78 is 10.3. The Labute approximate surface area is 229 Å². The zero-order valence-electron chi connectivity index (χ0n) is 23.4. The lowest BCUT2D eigenvalue weighted by Gasteiger charge is -2.32. The number of likely N-dealkylation sites (N-methyl/N-ethyl adjacent to an activating group) is 1. The van der Waals surface area contributed by atoms with E-state index in [2.05, 4.69) is 10.6 Å². The molecule has 0 aliphatic carbocycles. The number of amides is 3. The number of phenolic OH excluding ortho intramolecular Hbond substituents is 1. The first kappa shape index (κ1) is 31.1. The topological polar surface area (TPSA) is 134 Å². The minimum atomic E-state index is -1.08. The van der Waals surface area contributed by atoms with Gasteiger partial charge in [0.1, 0.15) is 23.4 Å². The van der Waals surface area contributed by atoms with Crippen molar-refractivity contribution in [2.45, 2.75) is 65.1 Å². The summed E-state index contributed by atoms with van der Waals surface area (Å²) in [5, 5.41) is 15.0. The van der Waals surface area contributed by atoms with Gasteiger partial charge in [-0.15, -0.1) is 0 Å². The number of phenols is 1. The highest BCUT2D eigenvalue weighted by Gasteiger charge is 2.34. The van der Waals surface area contributed by atoms with E-state index in [9.17, 15) is 24.3 Å². The molecule has 10 heteroatoms. The lowest BCUT2D eigenvalue weighted by molar-refractivity contribution is -0.143. The van der Waals surface area contributed by atoms with Crippen LogP contribution in [-0.4, -0.2) is 65.7 Å². The van der Waals surface area contributed by atoms with E-state index in [1.807, 2.05) is 19.1 Å². The van der Waals surface area contributed by atoms with Crippen molar-refractivity contribution >= 4 is 23.9 Å². The summed E-state index contributed by atoms with van der Waals surface area (Å²) in [6.45, 7) is 8.95. The number of hydrogen-bond donors (Lipinski definition) is 3. The summed E-state index contributed by atoms with van der Waals surface area (Å²) in [6.07, 6.45) is -0.700.